The second-order valence-electron chi connectivity index (χ2n) is 4.71. The van der Waals surface area contributed by atoms with Gasteiger partial charge in [-0.05, 0) is 24.3 Å². The highest BCUT2D eigenvalue weighted by Gasteiger charge is 2.23. The second kappa shape index (κ2) is 6.52. The summed E-state index contributed by atoms with van der Waals surface area (Å²) in [6, 6.07) is 9.68. The van der Waals surface area contributed by atoms with Crippen LogP contribution in [-0.2, 0) is 16.1 Å². The molecular weight excluding hydrogens is 230 g/mol. The summed E-state index contributed by atoms with van der Waals surface area (Å²) in [6.45, 7) is 1.12. The second-order valence-corrected chi connectivity index (χ2v) is 4.71. The number of aliphatic hydroxyl groups is 1. The Balaban J connectivity index is 1.61. The summed E-state index contributed by atoms with van der Waals surface area (Å²) < 4.78 is 5.31. The summed E-state index contributed by atoms with van der Waals surface area (Å²) in [5.41, 5.74) is 1.03. The van der Waals surface area contributed by atoms with Crippen LogP contribution >= 0.6 is 0 Å². The summed E-state index contributed by atoms with van der Waals surface area (Å²) in [6.07, 6.45) is 1.29. The van der Waals surface area contributed by atoms with E-state index in [1.807, 2.05) is 30.3 Å². The van der Waals surface area contributed by atoms with E-state index >= 15 is 0 Å². The van der Waals surface area contributed by atoms with Crippen LogP contribution in [0.15, 0.2) is 30.3 Å². The maximum absolute atomic E-state index is 11.5. The Morgan fingerprint density at radius 1 is 1.39 bits per heavy atom. The van der Waals surface area contributed by atoms with Crippen LogP contribution in [0.4, 0.5) is 0 Å². The Kier molecular flexibility index (Phi) is 4.73. The van der Waals surface area contributed by atoms with Crippen molar-refractivity contribution in [1.29, 1.82) is 0 Å². The van der Waals surface area contributed by atoms with Crippen LogP contribution in [0.3, 0.4) is 0 Å². The van der Waals surface area contributed by atoms with Crippen LogP contribution < -0.4 is 5.32 Å². The molecule has 0 aliphatic heterocycles. The van der Waals surface area contributed by atoms with Crippen molar-refractivity contribution >= 4 is 5.91 Å². The first kappa shape index (κ1) is 13.1. The fourth-order valence-corrected chi connectivity index (χ4v) is 1.62. The summed E-state index contributed by atoms with van der Waals surface area (Å²) in [7, 11) is 0. The summed E-state index contributed by atoms with van der Waals surface area (Å²) >= 11 is 0. The fourth-order valence-electron chi connectivity index (χ4n) is 1.62. The first-order chi connectivity index (χ1) is 8.75. The Hall–Kier alpha value is -1.39. The predicted octanol–water partition coefficient (Wildman–Crippen LogP) is 1.09. The van der Waals surface area contributed by atoms with Crippen molar-refractivity contribution in [2.24, 2.45) is 5.92 Å². The number of carbonyl (C=O) groups is 1. The zero-order valence-electron chi connectivity index (χ0n) is 10.3. The minimum Gasteiger partial charge on any atom is -0.381 e. The zero-order chi connectivity index (χ0) is 12.8. The predicted molar refractivity (Wildman–Crippen MR) is 67.8 cm³/mol. The van der Waals surface area contributed by atoms with Gasteiger partial charge in [-0.25, -0.2) is 0 Å². The third-order valence-corrected chi connectivity index (χ3v) is 2.95. The van der Waals surface area contributed by atoms with E-state index in [1.54, 1.807) is 0 Å². The molecule has 1 aromatic carbocycles. The number of carbonyl (C=O) groups excluding carboxylic acids is 1. The molecule has 0 bridgehead atoms. The molecule has 18 heavy (non-hydrogen) atoms. The number of hydrogen-bond acceptors (Lipinski definition) is 3. The molecule has 1 unspecified atom stereocenters. The lowest BCUT2D eigenvalue weighted by Crippen LogP contribution is -2.38. The molecule has 1 atom stereocenters. The fraction of sp³-hybridized carbons (Fsp3) is 0.500. The van der Waals surface area contributed by atoms with Crippen LogP contribution in [0.5, 0.6) is 0 Å². The van der Waals surface area contributed by atoms with Gasteiger partial charge in [0, 0.05) is 6.54 Å². The van der Waals surface area contributed by atoms with Crippen LogP contribution in [0.25, 0.3) is 0 Å². The van der Waals surface area contributed by atoms with Crippen LogP contribution in [0, 0.1) is 5.92 Å². The third kappa shape index (κ3) is 4.47. The van der Waals surface area contributed by atoms with Gasteiger partial charge in [-0.3, -0.25) is 4.79 Å². The van der Waals surface area contributed by atoms with Crippen LogP contribution in [0.2, 0.25) is 0 Å². The van der Waals surface area contributed by atoms with Gasteiger partial charge in [0.05, 0.1) is 13.2 Å². The average molecular weight is 249 g/mol. The van der Waals surface area contributed by atoms with Gasteiger partial charge < -0.3 is 15.2 Å². The number of rotatable bonds is 7. The van der Waals surface area contributed by atoms with Crippen molar-refractivity contribution in [2.75, 3.05) is 13.2 Å². The van der Waals surface area contributed by atoms with Gasteiger partial charge in [0.25, 0.3) is 5.91 Å². The highest BCUT2D eigenvalue weighted by Crippen LogP contribution is 2.27. The van der Waals surface area contributed by atoms with Crippen molar-refractivity contribution in [3.05, 3.63) is 35.9 Å². The SMILES string of the molecule is O=C(NCC1CC1)C(O)COCc1ccccc1. The lowest BCUT2D eigenvalue weighted by molar-refractivity contribution is -0.132. The first-order valence-corrected chi connectivity index (χ1v) is 6.33. The molecule has 2 N–H and O–H groups in total. The van der Waals surface area contributed by atoms with Crippen molar-refractivity contribution in [3.8, 4) is 0 Å². The Labute approximate surface area is 107 Å². The van der Waals surface area contributed by atoms with E-state index in [0.717, 1.165) is 5.56 Å². The molecule has 1 aliphatic rings. The molecule has 1 amide bonds. The normalized spacial score (nSPS) is 16.3. The summed E-state index contributed by atoms with van der Waals surface area (Å²) in [5, 5.41) is 12.3. The molecule has 1 saturated carbocycles. The average Bonchev–Trinajstić information content (AvgIpc) is 3.21. The lowest BCUT2D eigenvalue weighted by atomic mass is 10.2. The molecule has 0 saturated heterocycles. The van der Waals surface area contributed by atoms with Crippen molar-refractivity contribution in [3.63, 3.8) is 0 Å². The van der Waals surface area contributed by atoms with Gasteiger partial charge in [0.2, 0.25) is 0 Å². The smallest absolute Gasteiger partial charge is 0.251 e. The maximum atomic E-state index is 11.5. The van der Waals surface area contributed by atoms with Crippen molar-refractivity contribution in [2.45, 2.75) is 25.6 Å². The first-order valence-electron chi connectivity index (χ1n) is 6.33. The van der Waals surface area contributed by atoms with Crippen molar-refractivity contribution in [1.82, 2.24) is 5.32 Å². The molecule has 0 spiro atoms. The zero-order valence-corrected chi connectivity index (χ0v) is 10.3. The van der Waals surface area contributed by atoms with Gasteiger partial charge in [0.15, 0.2) is 6.10 Å². The molecule has 4 nitrogen and oxygen atoms in total. The molecule has 0 aromatic heterocycles. The summed E-state index contributed by atoms with van der Waals surface area (Å²) in [4.78, 5) is 11.5. The molecule has 1 aromatic rings. The highest BCUT2D eigenvalue weighted by molar-refractivity contribution is 5.80. The Morgan fingerprint density at radius 3 is 2.78 bits per heavy atom. The van der Waals surface area contributed by atoms with Crippen LogP contribution in [-0.4, -0.2) is 30.3 Å². The van der Waals surface area contributed by atoms with E-state index in [4.69, 9.17) is 4.74 Å². The van der Waals surface area contributed by atoms with Gasteiger partial charge >= 0.3 is 0 Å². The number of nitrogens with one attached hydrogen (secondary N) is 1. The summed E-state index contributed by atoms with van der Waals surface area (Å²) in [5.74, 6) is 0.279. The van der Waals surface area contributed by atoms with Gasteiger partial charge in [-0.15, -0.1) is 0 Å². The van der Waals surface area contributed by atoms with E-state index in [-0.39, 0.29) is 12.5 Å². The van der Waals surface area contributed by atoms with E-state index in [9.17, 15) is 9.90 Å². The quantitative estimate of drug-likeness (QED) is 0.760. The minimum atomic E-state index is -1.08. The molecule has 0 heterocycles. The Morgan fingerprint density at radius 2 is 2.11 bits per heavy atom. The number of amides is 1. The largest absolute Gasteiger partial charge is 0.381 e. The molecule has 1 fully saturated rings. The molecule has 98 valence electrons. The van der Waals surface area contributed by atoms with Crippen LogP contribution in [0.1, 0.15) is 18.4 Å². The molecule has 4 heteroatoms. The monoisotopic (exact) mass is 249 g/mol. The van der Waals surface area contributed by atoms with E-state index in [0.29, 0.717) is 19.1 Å². The minimum absolute atomic E-state index is 0.0331. The van der Waals surface area contributed by atoms with Gasteiger partial charge in [-0.2, -0.15) is 0 Å². The molecule has 1 aliphatic carbocycles. The number of ether oxygens (including phenoxy) is 1. The molecular formula is C14H19NO3. The molecule has 0 radical (unpaired) electrons. The maximum Gasteiger partial charge on any atom is 0.251 e. The Bertz CT molecular complexity index is 376. The van der Waals surface area contributed by atoms with Gasteiger partial charge in [0.1, 0.15) is 0 Å². The van der Waals surface area contributed by atoms with Gasteiger partial charge in [-0.1, -0.05) is 30.3 Å². The standard InChI is InChI=1S/C14H19NO3/c16-13(14(17)15-8-11-6-7-11)10-18-9-12-4-2-1-3-5-12/h1-5,11,13,16H,6-10H2,(H,15,17). The topological polar surface area (TPSA) is 58.6 Å². The molecule has 2 rings (SSSR count). The van der Waals surface area contributed by atoms with E-state index in [1.165, 1.54) is 12.8 Å². The lowest BCUT2D eigenvalue weighted by Gasteiger charge is -2.11. The number of benzene rings is 1. The third-order valence-electron chi connectivity index (χ3n) is 2.95. The van der Waals surface area contributed by atoms with E-state index in [2.05, 4.69) is 5.32 Å². The number of hydrogen-bond donors (Lipinski definition) is 2. The van der Waals surface area contributed by atoms with E-state index < -0.39 is 6.10 Å². The number of aliphatic hydroxyl groups excluding tert-OH is 1. The van der Waals surface area contributed by atoms with Crippen molar-refractivity contribution < 1.29 is 14.6 Å². The highest BCUT2D eigenvalue weighted by atomic mass is 16.5.